The molecule has 118 valence electrons. The molecule has 0 aliphatic rings. The van der Waals surface area contributed by atoms with Gasteiger partial charge in [-0.1, -0.05) is 11.6 Å². The molecule has 0 radical (unpaired) electrons. The minimum absolute atomic E-state index is 0.0374. The van der Waals surface area contributed by atoms with Crippen LogP contribution in [0.3, 0.4) is 0 Å². The topological polar surface area (TPSA) is 108 Å². The van der Waals surface area contributed by atoms with E-state index < -0.39 is 10.7 Å². The minimum atomic E-state index is -0.659. The zero-order valence-corrected chi connectivity index (χ0v) is 12.4. The molecule has 0 unspecified atom stereocenters. The lowest BCUT2D eigenvalue weighted by atomic mass is 10.3. The van der Waals surface area contributed by atoms with Crippen molar-refractivity contribution in [2.75, 3.05) is 6.54 Å². The third-order valence-corrected chi connectivity index (χ3v) is 3.15. The third kappa shape index (κ3) is 4.55. The summed E-state index contributed by atoms with van der Waals surface area (Å²) in [4.78, 5) is 21.6. The van der Waals surface area contributed by atoms with E-state index in [4.69, 9.17) is 11.6 Å². The molecule has 1 amide bonds. The molecular weight excluding hydrogens is 312 g/mol. The fourth-order valence-electron chi connectivity index (χ4n) is 1.83. The van der Waals surface area contributed by atoms with Crippen molar-refractivity contribution in [3.8, 4) is 0 Å². The lowest BCUT2D eigenvalue weighted by Crippen LogP contribution is -2.26. The first-order valence-corrected chi connectivity index (χ1v) is 7.05. The van der Waals surface area contributed by atoms with Gasteiger partial charge in [0.2, 0.25) is 5.91 Å². The maximum Gasteiger partial charge on any atom is 0.408 e. The lowest BCUT2D eigenvalue weighted by molar-refractivity contribution is -0.389. The van der Waals surface area contributed by atoms with Crippen LogP contribution in [0.4, 0.5) is 5.82 Å². The molecule has 1 N–H and O–H groups in total. The number of hydrogen-bond donors (Lipinski definition) is 1. The average Bonchev–Trinajstić information content (AvgIpc) is 3.10. The maximum absolute atomic E-state index is 11.7. The highest BCUT2D eigenvalue weighted by Gasteiger charge is 2.19. The summed E-state index contributed by atoms with van der Waals surface area (Å²) in [5, 5.41) is 21.1. The highest BCUT2D eigenvalue weighted by Crippen LogP contribution is 2.21. The predicted octanol–water partition coefficient (Wildman–Crippen LogP) is 1.24. The van der Waals surface area contributed by atoms with Crippen molar-refractivity contribution < 1.29 is 9.72 Å². The number of carbonyl (C=O) groups excluding carboxylic acids is 1. The van der Waals surface area contributed by atoms with Gasteiger partial charge in [-0.3, -0.25) is 9.48 Å². The van der Waals surface area contributed by atoms with Gasteiger partial charge >= 0.3 is 5.82 Å². The van der Waals surface area contributed by atoms with E-state index in [9.17, 15) is 14.9 Å². The van der Waals surface area contributed by atoms with Crippen molar-refractivity contribution in [1.29, 1.82) is 0 Å². The molecule has 0 fully saturated rings. The SMILES string of the molecule is O=C(CCn1cc(Cl)c([N+](=O)[O-])n1)NCCCn1cccn1. The van der Waals surface area contributed by atoms with Gasteiger partial charge in [0.05, 0.1) is 17.8 Å². The molecule has 2 aromatic heterocycles. The van der Waals surface area contributed by atoms with E-state index in [1.807, 2.05) is 12.3 Å². The van der Waals surface area contributed by atoms with E-state index in [-0.39, 0.29) is 23.9 Å². The van der Waals surface area contributed by atoms with Gasteiger partial charge in [-0.2, -0.15) is 9.78 Å². The second kappa shape index (κ2) is 7.55. The summed E-state index contributed by atoms with van der Waals surface area (Å²) in [6.07, 6.45) is 5.84. The van der Waals surface area contributed by atoms with E-state index in [1.54, 1.807) is 10.9 Å². The van der Waals surface area contributed by atoms with E-state index in [0.717, 1.165) is 13.0 Å². The van der Waals surface area contributed by atoms with Crippen LogP contribution in [0.2, 0.25) is 5.02 Å². The Labute approximate surface area is 131 Å². The molecule has 0 atom stereocenters. The second-order valence-electron chi connectivity index (χ2n) is 4.54. The Hall–Kier alpha value is -2.42. The molecule has 2 aromatic rings. The molecule has 0 spiro atoms. The van der Waals surface area contributed by atoms with Gasteiger partial charge < -0.3 is 15.4 Å². The summed E-state index contributed by atoms with van der Waals surface area (Å²) in [6, 6.07) is 1.84. The van der Waals surface area contributed by atoms with Crippen LogP contribution in [0, 0.1) is 10.1 Å². The van der Waals surface area contributed by atoms with Gasteiger partial charge in [-0.05, 0) is 17.4 Å². The lowest BCUT2D eigenvalue weighted by Gasteiger charge is -2.04. The Morgan fingerprint density at radius 1 is 1.41 bits per heavy atom. The van der Waals surface area contributed by atoms with Gasteiger partial charge in [-0.15, -0.1) is 0 Å². The Morgan fingerprint density at radius 3 is 2.86 bits per heavy atom. The average molecular weight is 327 g/mol. The van der Waals surface area contributed by atoms with Gasteiger partial charge in [-0.25, -0.2) is 0 Å². The summed E-state index contributed by atoms with van der Waals surface area (Å²) in [5.74, 6) is -0.545. The monoisotopic (exact) mass is 326 g/mol. The number of nitrogens with one attached hydrogen (secondary N) is 1. The number of nitro groups is 1. The second-order valence-corrected chi connectivity index (χ2v) is 4.95. The van der Waals surface area contributed by atoms with E-state index in [0.29, 0.717) is 6.54 Å². The van der Waals surface area contributed by atoms with Crippen LogP contribution in [0.25, 0.3) is 0 Å². The van der Waals surface area contributed by atoms with E-state index in [1.165, 1.54) is 10.9 Å². The first-order chi connectivity index (χ1) is 10.6. The highest BCUT2D eigenvalue weighted by atomic mass is 35.5. The van der Waals surface area contributed by atoms with Crippen LogP contribution >= 0.6 is 11.6 Å². The van der Waals surface area contributed by atoms with Crippen molar-refractivity contribution in [2.24, 2.45) is 0 Å². The summed E-state index contributed by atoms with van der Waals surface area (Å²) in [7, 11) is 0. The minimum Gasteiger partial charge on any atom is -0.358 e. The number of amides is 1. The molecule has 10 heteroatoms. The molecular formula is C12H15ClN6O3. The Kier molecular flexibility index (Phi) is 5.48. The van der Waals surface area contributed by atoms with Crippen LogP contribution < -0.4 is 5.32 Å². The summed E-state index contributed by atoms with van der Waals surface area (Å²) < 4.78 is 3.08. The summed E-state index contributed by atoms with van der Waals surface area (Å²) >= 11 is 5.67. The van der Waals surface area contributed by atoms with Crippen LogP contribution in [-0.4, -0.2) is 36.9 Å². The van der Waals surface area contributed by atoms with E-state index >= 15 is 0 Å². The number of nitrogens with zero attached hydrogens (tertiary/aromatic N) is 5. The molecule has 2 heterocycles. The Bertz CT molecular complexity index is 639. The Morgan fingerprint density at radius 2 is 2.23 bits per heavy atom. The van der Waals surface area contributed by atoms with Crippen LogP contribution in [0.5, 0.6) is 0 Å². The van der Waals surface area contributed by atoms with Crippen LogP contribution in [0.15, 0.2) is 24.7 Å². The first kappa shape index (κ1) is 16.0. The highest BCUT2D eigenvalue weighted by molar-refractivity contribution is 6.32. The largest absolute Gasteiger partial charge is 0.408 e. The molecule has 0 aromatic carbocycles. The van der Waals surface area contributed by atoms with Crippen LogP contribution in [-0.2, 0) is 17.9 Å². The van der Waals surface area contributed by atoms with Crippen molar-refractivity contribution >= 4 is 23.3 Å². The quantitative estimate of drug-likeness (QED) is 0.446. The molecule has 2 rings (SSSR count). The fraction of sp³-hybridized carbons (Fsp3) is 0.417. The number of aryl methyl sites for hydroxylation is 2. The normalized spacial score (nSPS) is 10.6. The Balaban J connectivity index is 1.67. The number of carbonyl (C=O) groups is 1. The first-order valence-electron chi connectivity index (χ1n) is 6.67. The zero-order valence-electron chi connectivity index (χ0n) is 11.7. The number of rotatable bonds is 8. The predicted molar refractivity (Wildman–Crippen MR) is 78.4 cm³/mol. The molecule has 9 nitrogen and oxygen atoms in total. The molecule has 0 saturated carbocycles. The van der Waals surface area contributed by atoms with E-state index in [2.05, 4.69) is 15.5 Å². The molecule has 0 aliphatic carbocycles. The molecule has 0 saturated heterocycles. The third-order valence-electron chi connectivity index (χ3n) is 2.89. The molecule has 22 heavy (non-hydrogen) atoms. The number of halogens is 1. The fourth-order valence-corrected chi connectivity index (χ4v) is 2.05. The van der Waals surface area contributed by atoms with Crippen molar-refractivity contribution in [3.05, 3.63) is 39.8 Å². The molecule has 0 aliphatic heterocycles. The van der Waals surface area contributed by atoms with Crippen molar-refractivity contribution in [1.82, 2.24) is 24.9 Å². The van der Waals surface area contributed by atoms with Gasteiger partial charge in [0, 0.05) is 31.9 Å². The summed E-state index contributed by atoms with van der Waals surface area (Å²) in [6.45, 7) is 1.51. The zero-order chi connectivity index (χ0) is 15.9. The standard InChI is InChI=1S/C12H15ClN6O3/c13-10-9-18(16-12(10)19(21)22)8-3-11(20)14-4-1-6-17-7-2-5-15-17/h2,5,7,9H,1,3-4,6,8H2,(H,14,20). The maximum atomic E-state index is 11.7. The van der Waals surface area contributed by atoms with Crippen molar-refractivity contribution in [2.45, 2.75) is 25.9 Å². The van der Waals surface area contributed by atoms with Crippen molar-refractivity contribution in [3.63, 3.8) is 0 Å². The van der Waals surface area contributed by atoms with Gasteiger partial charge in [0.15, 0.2) is 5.02 Å². The van der Waals surface area contributed by atoms with Gasteiger partial charge in [0.1, 0.15) is 0 Å². The number of aromatic nitrogens is 4. The van der Waals surface area contributed by atoms with Gasteiger partial charge in [0.25, 0.3) is 0 Å². The summed E-state index contributed by atoms with van der Waals surface area (Å²) in [5.41, 5.74) is 0. The smallest absolute Gasteiger partial charge is 0.358 e. The van der Waals surface area contributed by atoms with Crippen LogP contribution in [0.1, 0.15) is 12.8 Å². The number of hydrogen-bond acceptors (Lipinski definition) is 5. The molecule has 0 bridgehead atoms.